The van der Waals surface area contributed by atoms with Crippen LogP contribution in [0, 0.1) is 0 Å². The number of carbonyl (C=O) groups excluding carboxylic acids is 3. The third kappa shape index (κ3) is 50.9. The topological polar surface area (TPSA) is 78.9 Å². The first-order chi connectivity index (χ1) is 32.0. The highest BCUT2D eigenvalue weighted by Crippen LogP contribution is 2.12. The van der Waals surface area contributed by atoms with Crippen LogP contribution in [0.1, 0.15) is 226 Å². The molecule has 0 aromatic heterocycles. The molecule has 0 aliphatic rings. The average molecular weight is 901 g/mol. The highest BCUT2D eigenvalue weighted by molar-refractivity contribution is 5.71. The third-order valence-corrected chi connectivity index (χ3v) is 10.7. The SMILES string of the molecule is CC/C=C\C/C=C\C/C=C\C/C=C\CCCCC(=O)OC[C@H](COC(=O)CCCCCC/C=C\C/C=C\C/C=C\CCCCC)OC(=O)CCCCCCC/C=C\C/C=C\CCCCC. The van der Waals surface area contributed by atoms with E-state index in [4.69, 9.17) is 14.2 Å². The Kier molecular flexibility index (Phi) is 49.5. The van der Waals surface area contributed by atoms with E-state index in [0.717, 1.165) is 128 Å². The molecule has 0 amide bonds. The summed E-state index contributed by atoms with van der Waals surface area (Å²) in [4.78, 5) is 38.0. The summed E-state index contributed by atoms with van der Waals surface area (Å²) in [6.45, 7) is 6.39. The zero-order valence-electron chi connectivity index (χ0n) is 42.0. The minimum Gasteiger partial charge on any atom is -0.462 e. The van der Waals surface area contributed by atoms with Gasteiger partial charge in [-0.25, -0.2) is 0 Å². The fourth-order valence-electron chi connectivity index (χ4n) is 6.76. The first kappa shape index (κ1) is 61.1. The Hall–Kier alpha value is -3.93. The second-order valence-electron chi connectivity index (χ2n) is 17.0. The summed E-state index contributed by atoms with van der Waals surface area (Å²) in [7, 11) is 0. The van der Waals surface area contributed by atoms with Crippen LogP contribution in [0.3, 0.4) is 0 Å². The monoisotopic (exact) mass is 901 g/mol. The van der Waals surface area contributed by atoms with Crippen molar-refractivity contribution < 1.29 is 28.6 Å². The van der Waals surface area contributed by atoms with Crippen LogP contribution in [-0.4, -0.2) is 37.2 Å². The molecule has 0 saturated carbocycles. The van der Waals surface area contributed by atoms with E-state index < -0.39 is 6.10 Å². The number of carbonyl (C=O) groups is 3. The second-order valence-corrected chi connectivity index (χ2v) is 17.0. The minimum atomic E-state index is -0.814. The number of unbranched alkanes of at least 4 members (excludes halogenated alkanes) is 17. The Labute approximate surface area is 400 Å². The fourth-order valence-corrected chi connectivity index (χ4v) is 6.76. The van der Waals surface area contributed by atoms with E-state index in [9.17, 15) is 14.4 Å². The third-order valence-electron chi connectivity index (χ3n) is 10.7. The molecule has 65 heavy (non-hydrogen) atoms. The van der Waals surface area contributed by atoms with Gasteiger partial charge in [-0.3, -0.25) is 14.4 Å². The summed E-state index contributed by atoms with van der Waals surface area (Å²) in [6.07, 6.45) is 70.7. The first-order valence-corrected chi connectivity index (χ1v) is 26.4. The number of hydrogen-bond acceptors (Lipinski definition) is 6. The van der Waals surface area contributed by atoms with Crippen molar-refractivity contribution in [3.05, 3.63) is 109 Å². The van der Waals surface area contributed by atoms with Crippen molar-refractivity contribution in [2.45, 2.75) is 232 Å². The molecular weight excluding hydrogens is 805 g/mol. The quantitative estimate of drug-likeness (QED) is 0.0262. The molecule has 0 N–H and O–H groups in total. The minimum absolute atomic E-state index is 0.111. The molecule has 368 valence electrons. The molecule has 0 rings (SSSR count). The normalized spacial score (nSPS) is 13.0. The molecule has 0 bridgehead atoms. The van der Waals surface area contributed by atoms with Gasteiger partial charge in [0.15, 0.2) is 6.10 Å². The van der Waals surface area contributed by atoms with Gasteiger partial charge in [-0.1, -0.05) is 188 Å². The summed E-state index contributed by atoms with van der Waals surface area (Å²) in [5.74, 6) is -0.992. The van der Waals surface area contributed by atoms with Crippen LogP contribution >= 0.6 is 0 Å². The number of rotatable bonds is 46. The lowest BCUT2D eigenvalue weighted by atomic mass is 10.1. The molecule has 0 aromatic rings. The van der Waals surface area contributed by atoms with Gasteiger partial charge in [-0.15, -0.1) is 0 Å². The van der Waals surface area contributed by atoms with Crippen LogP contribution in [0.25, 0.3) is 0 Å². The van der Waals surface area contributed by atoms with E-state index in [-0.39, 0.29) is 31.1 Å². The highest BCUT2D eigenvalue weighted by atomic mass is 16.6. The van der Waals surface area contributed by atoms with Crippen molar-refractivity contribution in [2.75, 3.05) is 13.2 Å². The van der Waals surface area contributed by atoms with Crippen molar-refractivity contribution in [3.63, 3.8) is 0 Å². The second kappa shape index (κ2) is 52.7. The Balaban J connectivity index is 4.53. The van der Waals surface area contributed by atoms with Gasteiger partial charge in [-0.2, -0.15) is 0 Å². The Morgan fingerprint density at radius 1 is 0.323 bits per heavy atom. The smallest absolute Gasteiger partial charge is 0.306 e. The van der Waals surface area contributed by atoms with Crippen LogP contribution in [-0.2, 0) is 28.6 Å². The van der Waals surface area contributed by atoms with Crippen LogP contribution in [0.15, 0.2) is 109 Å². The Morgan fingerprint density at radius 3 is 0.969 bits per heavy atom. The van der Waals surface area contributed by atoms with Gasteiger partial charge in [0.1, 0.15) is 13.2 Å². The molecule has 0 unspecified atom stereocenters. The van der Waals surface area contributed by atoms with E-state index in [1.807, 2.05) is 0 Å². The van der Waals surface area contributed by atoms with Crippen molar-refractivity contribution in [1.82, 2.24) is 0 Å². The van der Waals surface area contributed by atoms with Crippen molar-refractivity contribution in [1.29, 1.82) is 0 Å². The predicted octanol–water partition coefficient (Wildman–Crippen LogP) is 17.5. The summed E-state index contributed by atoms with van der Waals surface area (Å²) >= 11 is 0. The van der Waals surface area contributed by atoms with Crippen LogP contribution in [0.5, 0.6) is 0 Å². The number of hydrogen-bond donors (Lipinski definition) is 0. The maximum atomic E-state index is 12.8. The van der Waals surface area contributed by atoms with Gasteiger partial charge in [0, 0.05) is 19.3 Å². The Morgan fingerprint density at radius 2 is 0.600 bits per heavy atom. The summed E-state index contributed by atoms with van der Waals surface area (Å²) in [6, 6.07) is 0. The van der Waals surface area contributed by atoms with Gasteiger partial charge < -0.3 is 14.2 Å². The molecule has 0 saturated heterocycles. The summed E-state index contributed by atoms with van der Waals surface area (Å²) in [5, 5.41) is 0. The van der Waals surface area contributed by atoms with Crippen molar-refractivity contribution in [2.24, 2.45) is 0 Å². The highest BCUT2D eigenvalue weighted by Gasteiger charge is 2.19. The summed E-state index contributed by atoms with van der Waals surface area (Å²) < 4.78 is 16.7. The Bertz CT molecular complexity index is 1360. The van der Waals surface area contributed by atoms with E-state index >= 15 is 0 Å². The number of ether oxygens (including phenoxy) is 3. The van der Waals surface area contributed by atoms with E-state index in [2.05, 4.69) is 130 Å². The zero-order valence-corrected chi connectivity index (χ0v) is 42.0. The maximum Gasteiger partial charge on any atom is 0.306 e. The zero-order chi connectivity index (χ0) is 47.2. The molecule has 0 fully saturated rings. The van der Waals surface area contributed by atoms with Crippen LogP contribution < -0.4 is 0 Å². The van der Waals surface area contributed by atoms with Gasteiger partial charge in [0.2, 0.25) is 0 Å². The molecule has 0 aromatic carbocycles. The number of esters is 3. The lowest BCUT2D eigenvalue weighted by Crippen LogP contribution is -2.30. The molecular formula is C59H96O6. The average Bonchev–Trinajstić information content (AvgIpc) is 3.30. The largest absolute Gasteiger partial charge is 0.462 e. The molecule has 1 atom stereocenters. The molecule has 6 heteroatoms. The van der Waals surface area contributed by atoms with Gasteiger partial charge in [-0.05, 0) is 128 Å². The standard InChI is InChI=1S/C59H96O6/c1-4-7-10-13-16-19-22-25-28-29-32-34-37-40-43-46-49-52-58(61)64-55-56(65-59(62)53-50-47-44-41-38-35-31-27-24-21-18-15-12-9-6-3)54-63-57(60)51-48-45-42-39-36-33-30-26-23-20-17-14-11-8-5-2/h8,11,16-21,25-28,30-32,34,36,39,56H,4-7,9-10,12-15,22-24,29,33,35,37-38,40-55H2,1-3H3/b11-8-,19-16-,20-17-,21-18-,28-25-,30-26-,31-27-,34-32-,39-36-/t56-/m1/s1. The van der Waals surface area contributed by atoms with E-state index in [1.54, 1.807) is 0 Å². The molecule has 0 aliphatic heterocycles. The van der Waals surface area contributed by atoms with Crippen LogP contribution in [0.4, 0.5) is 0 Å². The summed E-state index contributed by atoms with van der Waals surface area (Å²) in [5.41, 5.74) is 0. The number of allylic oxidation sites excluding steroid dienone is 18. The maximum absolute atomic E-state index is 12.8. The van der Waals surface area contributed by atoms with Crippen LogP contribution in [0.2, 0.25) is 0 Å². The van der Waals surface area contributed by atoms with Crippen molar-refractivity contribution in [3.8, 4) is 0 Å². The fraction of sp³-hybridized carbons (Fsp3) is 0.644. The van der Waals surface area contributed by atoms with Gasteiger partial charge >= 0.3 is 17.9 Å². The van der Waals surface area contributed by atoms with Gasteiger partial charge in [0.25, 0.3) is 0 Å². The van der Waals surface area contributed by atoms with Crippen molar-refractivity contribution >= 4 is 17.9 Å². The molecule has 0 spiro atoms. The molecule has 0 radical (unpaired) electrons. The molecule has 6 nitrogen and oxygen atoms in total. The molecule has 0 aliphatic carbocycles. The van der Waals surface area contributed by atoms with E-state index in [1.165, 1.54) is 51.4 Å². The first-order valence-electron chi connectivity index (χ1n) is 26.4. The lowest BCUT2D eigenvalue weighted by Gasteiger charge is -2.18. The van der Waals surface area contributed by atoms with Gasteiger partial charge in [0.05, 0.1) is 0 Å². The lowest BCUT2D eigenvalue weighted by molar-refractivity contribution is -0.167. The predicted molar refractivity (Wildman–Crippen MR) is 279 cm³/mol. The van der Waals surface area contributed by atoms with E-state index in [0.29, 0.717) is 25.7 Å². The molecule has 0 heterocycles.